The maximum atomic E-state index is 12.7. The number of benzene rings is 2. The summed E-state index contributed by atoms with van der Waals surface area (Å²) < 4.78 is 10.3. The van der Waals surface area contributed by atoms with Gasteiger partial charge >= 0.3 is 0 Å². The number of nitrogens with zero attached hydrogens (tertiary/aromatic N) is 3. The van der Waals surface area contributed by atoms with Gasteiger partial charge in [-0.2, -0.15) is 0 Å². The summed E-state index contributed by atoms with van der Waals surface area (Å²) in [5.74, 6) is 0.415. The van der Waals surface area contributed by atoms with Crippen molar-refractivity contribution in [1.82, 2.24) is 15.2 Å². The number of hydrogen-bond donors (Lipinski definition) is 1. The third-order valence-corrected chi connectivity index (χ3v) is 6.01. The molecule has 1 fully saturated rings. The maximum Gasteiger partial charge on any atom is 0.266 e. The molecule has 4 rings (SSSR count). The molecule has 1 aromatic heterocycles. The SMILES string of the molecule is COc1ccc(/C=C2\SC(=S)N(CCCC(=O)Nc3cccc4nonc34)C2=O)cc1. The molecule has 1 saturated heterocycles. The van der Waals surface area contributed by atoms with Crippen molar-refractivity contribution in [1.29, 1.82) is 0 Å². The number of hydrogen-bond acceptors (Lipinski definition) is 8. The van der Waals surface area contributed by atoms with E-state index < -0.39 is 0 Å². The van der Waals surface area contributed by atoms with Gasteiger partial charge in [0.1, 0.15) is 15.6 Å². The number of amides is 2. The lowest BCUT2D eigenvalue weighted by Gasteiger charge is -2.14. The molecule has 1 aliphatic heterocycles. The van der Waals surface area contributed by atoms with Crippen molar-refractivity contribution in [2.45, 2.75) is 12.8 Å². The van der Waals surface area contributed by atoms with Crippen LogP contribution in [-0.4, -0.2) is 45.0 Å². The number of methoxy groups -OCH3 is 1. The fraction of sp³-hybridized carbons (Fsp3) is 0.190. The molecule has 2 aromatic carbocycles. The van der Waals surface area contributed by atoms with E-state index in [4.69, 9.17) is 21.6 Å². The van der Waals surface area contributed by atoms with E-state index in [1.54, 1.807) is 31.4 Å². The molecular weight excluding hydrogens is 436 g/mol. The van der Waals surface area contributed by atoms with Gasteiger partial charge in [-0.05, 0) is 52.6 Å². The predicted octanol–water partition coefficient (Wildman–Crippen LogP) is 3.85. The fourth-order valence-corrected chi connectivity index (χ4v) is 4.37. The summed E-state index contributed by atoms with van der Waals surface area (Å²) in [5.41, 5.74) is 2.49. The van der Waals surface area contributed by atoms with Crippen molar-refractivity contribution in [3.8, 4) is 5.75 Å². The first kappa shape index (κ1) is 21.0. The smallest absolute Gasteiger partial charge is 0.266 e. The first-order valence-corrected chi connectivity index (χ1v) is 10.7. The Morgan fingerprint density at radius 3 is 2.84 bits per heavy atom. The van der Waals surface area contributed by atoms with E-state index in [1.807, 2.05) is 24.3 Å². The second-order valence-corrected chi connectivity index (χ2v) is 8.37. The van der Waals surface area contributed by atoms with E-state index in [-0.39, 0.29) is 18.2 Å². The van der Waals surface area contributed by atoms with E-state index in [0.717, 1.165) is 11.3 Å². The summed E-state index contributed by atoms with van der Waals surface area (Å²) in [6.45, 7) is 0.369. The van der Waals surface area contributed by atoms with Crippen molar-refractivity contribution in [3.05, 3.63) is 52.9 Å². The van der Waals surface area contributed by atoms with Crippen LogP contribution in [0.4, 0.5) is 5.69 Å². The van der Waals surface area contributed by atoms with Crippen LogP contribution >= 0.6 is 24.0 Å². The number of carbonyl (C=O) groups is 2. The van der Waals surface area contributed by atoms with E-state index in [2.05, 4.69) is 15.6 Å². The fourth-order valence-electron chi connectivity index (χ4n) is 3.06. The van der Waals surface area contributed by atoms with Crippen molar-refractivity contribution in [3.63, 3.8) is 0 Å². The molecule has 0 radical (unpaired) electrons. The minimum absolute atomic E-state index is 0.148. The zero-order valence-corrected chi connectivity index (χ0v) is 18.2. The van der Waals surface area contributed by atoms with Crippen molar-refractivity contribution < 1.29 is 19.0 Å². The van der Waals surface area contributed by atoms with Crippen LogP contribution in [0.25, 0.3) is 17.1 Å². The average molecular weight is 455 g/mol. The summed E-state index contributed by atoms with van der Waals surface area (Å²) >= 11 is 6.62. The molecule has 0 saturated carbocycles. The highest BCUT2D eigenvalue weighted by Gasteiger charge is 2.31. The molecule has 2 heterocycles. The van der Waals surface area contributed by atoms with Crippen LogP contribution in [0.1, 0.15) is 18.4 Å². The number of anilines is 1. The summed E-state index contributed by atoms with van der Waals surface area (Å²) in [5, 5.41) is 10.4. The zero-order chi connectivity index (χ0) is 21.8. The molecule has 0 aliphatic carbocycles. The molecule has 3 aromatic rings. The Morgan fingerprint density at radius 1 is 1.26 bits per heavy atom. The van der Waals surface area contributed by atoms with Crippen molar-refractivity contribution >= 4 is 62.9 Å². The topological polar surface area (TPSA) is 97.6 Å². The van der Waals surface area contributed by atoms with Gasteiger partial charge in [0.25, 0.3) is 5.91 Å². The summed E-state index contributed by atoms with van der Waals surface area (Å²) in [4.78, 5) is 27.1. The summed E-state index contributed by atoms with van der Waals surface area (Å²) in [7, 11) is 1.60. The highest BCUT2D eigenvalue weighted by molar-refractivity contribution is 8.26. The third-order valence-electron chi connectivity index (χ3n) is 4.63. The monoisotopic (exact) mass is 454 g/mol. The quantitative estimate of drug-likeness (QED) is 0.425. The van der Waals surface area contributed by atoms with Gasteiger partial charge in [0.15, 0.2) is 5.52 Å². The van der Waals surface area contributed by atoms with E-state index in [1.165, 1.54) is 16.7 Å². The Kier molecular flexibility index (Phi) is 6.28. The lowest BCUT2D eigenvalue weighted by atomic mass is 10.2. The molecule has 1 aliphatic rings. The van der Waals surface area contributed by atoms with Gasteiger partial charge in [0.2, 0.25) is 5.91 Å². The largest absolute Gasteiger partial charge is 0.497 e. The highest BCUT2D eigenvalue weighted by Crippen LogP contribution is 2.33. The highest BCUT2D eigenvalue weighted by atomic mass is 32.2. The number of nitrogens with one attached hydrogen (secondary N) is 1. The molecule has 0 unspecified atom stereocenters. The number of aromatic nitrogens is 2. The van der Waals surface area contributed by atoms with Crippen molar-refractivity contribution in [2.24, 2.45) is 0 Å². The number of ether oxygens (including phenoxy) is 1. The molecule has 0 bridgehead atoms. The van der Waals surface area contributed by atoms with Gasteiger partial charge < -0.3 is 10.1 Å². The van der Waals surface area contributed by atoms with Gasteiger partial charge in [-0.25, -0.2) is 4.63 Å². The third kappa shape index (κ3) is 4.75. The molecule has 8 nitrogen and oxygen atoms in total. The number of fused-ring (bicyclic) bond motifs is 1. The van der Waals surface area contributed by atoms with E-state index in [9.17, 15) is 9.59 Å². The van der Waals surface area contributed by atoms with Gasteiger partial charge in [-0.15, -0.1) is 0 Å². The second kappa shape index (κ2) is 9.27. The molecule has 1 N–H and O–H groups in total. The van der Waals surface area contributed by atoms with Crippen LogP contribution in [0.2, 0.25) is 0 Å². The molecular formula is C21H18N4O4S2. The van der Waals surface area contributed by atoms with Crippen LogP contribution in [0.5, 0.6) is 5.75 Å². The Labute approximate surface area is 187 Å². The van der Waals surface area contributed by atoms with Crippen LogP contribution in [-0.2, 0) is 9.59 Å². The molecule has 0 atom stereocenters. The first-order chi connectivity index (χ1) is 15.0. The van der Waals surface area contributed by atoms with Crippen LogP contribution in [0, 0.1) is 0 Å². The lowest BCUT2D eigenvalue weighted by molar-refractivity contribution is -0.122. The number of carbonyl (C=O) groups excluding carboxylic acids is 2. The predicted molar refractivity (Wildman–Crippen MR) is 123 cm³/mol. The molecule has 2 amide bonds. The number of rotatable bonds is 7. The van der Waals surface area contributed by atoms with E-state index >= 15 is 0 Å². The second-order valence-electron chi connectivity index (χ2n) is 6.70. The van der Waals surface area contributed by atoms with Gasteiger partial charge in [-0.1, -0.05) is 42.2 Å². The average Bonchev–Trinajstić information content (AvgIpc) is 3.35. The number of thioether (sulfide) groups is 1. The lowest BCUT2D eigenvalue weighted by Crippen LogP contribution is -2.29. The van der Waals surface area contributed by atoms with E-state index in [0.29, 0.717) is 38.9 Å². The zero-order valence-electron chi connectivity index (χ0n) is 16.5. The van der Waals surface area contributed by atoms with Crippen molar-refractivity contribution in [2.75, 3.05) is 19.0 Å². The van der Waals surface area contributed by atoms with Gasteiger partial charge in [0.05, 0.1) is 17.7 Å². The minimum atomic E-state index is -0.185. The Hall–Kier alpha value is -3.24. The molecule has 10 heteroatoms. The molecule has 31 heavy (non-hydrogen) atoms. The van der Waals surface area contributed by atoms with Gasteiger partial charge in [-0.3, -0.25) is 14.5 Å². The Bertz CT molecular complexity index is 1170. The Balaban J connectivity index is 1.32. The Morgan fingerprint density at radius 2 is 2.06 bits per heavy atom. The normalized spacial score (nSPS) is 15.1. The first-order valence-electron chi connectivity index (χ1n) is 9.46. The van der Waals surface area contributed by atoms with Crippen LogP contribution in [0.3, 0.4) is 0 Å². The van der Waals surface area contributed by atoms with Gasteiger partial charge in [0, 0.05) is 13.0 Å². The summed E-state index contributed by atoms with van der Waals surface area (Å²) in [6.07, 6.45) is 2.51. The molecule has 158 valence electrons. The standard InChI is InChI=1S/C21H18N4O4S2/c1-28-14-9-7-13(8-10-14)12-17-20(27)25(21(30)31-17)11-3-6-18(26)22-15-4-2-5-16-19(15)24-29-23-16/h2,4-5,7-10,12H,3,6,11H2,1H3,(H,22,26)/b17-12-. The number of thiocarbonyl (C=S) groups is 1. The summed E-state index contributed by atoms with van der Waals surface area (Å²) in [6, 6.07) is 12.7. The van der Waals surface area contributed by atoms with Crippen LogP contribution < -0.4 is 10.1 Å². The van der Waals surface area contributed by atoms with Crippen LogP contribution in [0.15, 0.2) is 52.0 Å². The minimum Gasteiger partial charge on any atom is -0.497 e. The maximum absolute atomic E-state index is 12.7. The molecule has 0 spiro atoms.